The van der Waals surface area contributed by atoms with Crippen molar-refractivity contribution >= 4 is 34.2 Å². The molecule has 0 aliphatic rings. The van der Waals surface area contributed by atoms with Gasteiger partial charge in [-0.05, 0) is 18.2 Å². The standard InChI is InChI=1S/C14H14Cl2N4/c15-6-5-13-18-12-4-1-3-11(16)14(12)20(13)10-9-19-8-2-7-17-19/h1-4,7-8H,5-6,9-10H2. The molecule has 0 aliphatic carbocycles. The molecule has 2 heterocycles. The van der Waals surface area contributed by atoms with Gasteiger partial charge in [-0.1, -0.05) is 17.7 Å². The Kier molecular flexibility index (Phi) is 3.94. The van der Waals surface area contributed by atoms with E-state index < -0.39 is 0 Å². The molecule has 3 rings (SSSR count). The zero-order valence-electron chi connectivity index (χ0n) is 10.8. The van der Waals surface area contributed by atoms with Crippen LogP contribution in [0.4, 0.5) is 0 Å². The topological polar surface area (TPSA) is 35.6 Å². The summed E-state index contributed by atoms with van der Waals surface area (Å²) < 4.78 is 4.04. The molecule has 0 saturated carbocycles. The first-order valence-electron chi connectivity index (χ1n) is 6.46. The van der Waals surface area contributed by atoms with E-state index in [1.807, 2.05) is 35.1 Å². The minimum atomic E-state index is 0.544. The number of rotatable bonds is 5. The maximum atomic E-state index is 6.32. The number of halogens is 2. The molecule has 1 aromatic carbocycles. The van der Waals surface area contributed by atoms with Crippen LogP contribution in [0.15, 0.2) is 36.7 Å². The molecule has 0 atom stereocenters. The van der Waals surface area contributed by atoms with Crippen molar-refractivity contribution in [1.29, 1.82) is 0 Å². The van der Waals surface area contributed by atoms with E-state index in [4.69, 9.17) is 23.2 Å². The van der Waals surface area contributed by atoms with Crippen LogP contribution in [0, 0.1) is 0 Å². The van der Waals surface area contributed by atoms with Gasteiger partial charge in [0.1, 0.15) is 5.82 Å². The van der Waals surface area contributed by atoms with E-state index >= 15 is 0 Å². The summed E-state index contributed by atoms with van der Waals surface area (Å²) in [6.07, 6.45) is 4.45. The van der Waals surface area contributed by atoms with E-state index in [-0.39, 0.29) is 0 Å². The molecular formula is C14H14Cl2N4. The van der Waals surface area contributed by atoms with Gasteiger partial charge in [0.25, 0.3) is 0 Å². The number of benzene rings is 1. The fourth-order valence-electron chi connectivity index (χ4n) is 2.34. The van der Waals surface area contributed by atoms with E-state index in [1.54, 1.807) is 6.20 Å². The molecule has 0 spiro atoms. The van der Waals surface area contributed by atoms with Crippen molar-refractivity contribution in [2.24, 2.45) is 0 Å². The lowest BCUT2D eigenvalue weighted by Gasteiger charge is -2.09. The predicted molar refractivity (Wildman–Crippen MR) is 81.4 cm³/mol. The van der Waals surface area contributed by atoms with Crippen molar-refractivity contribution < 1.29 is 0 Å². The molecule has 20 heavy (non-hydrogen) atoms. The fourth-order valence-corrected chi connectivity index (χ4v) is 2.78. The maximum Gasteiger partial charge on any atom is 0.111 e. The second-order valence-corrected chi connectivity index (χ2v) is 5.28. The smallest absolute Gasteiger partial charge is 0.111 e. The number of hydrogen-bond donors (Lipinski definition) is 0. The maximum absolute atomic E-state index is 6.32. The normalized spacial score (nSPS) is 11.3. The molecule has 0 radical (unpaired) electrons. The molecule has 2 aromatic heterocycles. The Bertz CT molecular complexity index is 703. The van der Waals surface area contributed by atoms with Crippen LogP contribution in [-0.2, 0) is 19.5 Å². The van der Waals surface area contributed by atoms with Crippen LogP contribution >= 0.6 is 23.2 Å². The average molecular weight is 309 g/mol. The summed E-state index contributed by atoms with van der Waals surface area (Å²) in [5.74, 6) is 1.51. The first kappa shape index (κ1) is 13.5. The van der Waals surface area contributed by atoms with Crippen molar-refractivity contribution in [3.05, 3.63) is 47.5 Å². The first-order valence-corrected chi connectivity index (χ1v) is 7.38. The van der Waals surface area contributed by atoms with Gasteiger partial charge in [-0.3, -0.25) is 4.68 Å². The molecular weight excluding hydrogens is 295 g/mol. The Labute approximate surface area is 126 Å². The summed E-state index contributed by atoms with van der Waals surface area (Å²) in [6.45, 7) is 1.55. The first-order chi connectivity index (χ1) is 9.79. The van der Waals surface area contributed by atoms with E-state index in [0.717, 1.165) is 41.4 Å². The van der Waals surface area contributed by atoms with E-state index in [0.29, 0.717) is 5.88 Å². The van der Waals surface area contributed by atoms with Crippen molar-refractivity contribution in [3.63, 3.8) is 0 Å². The molecule has 0 bridgehead atoms. The van der Waals surface area contributed by atoms with Gasteiger partial charge < -0.3 is 4.57 Å². The highest BCUT2D eigenvalue weighted by molar-refractivity contribution is 6.35. The van der Waals surface area contributed by atoms with Gasteiger partial charge in [-0.15, -0.1) is 11.6 Å². The Morgan fingerprint density at radius 2 is 2.05 bits per heavy atom. The van der Waals surface area contributed by atoms with Crippen LogP contribution in [0.2, 0.25) is 5.02 Å². The number of alkyl halides is 1. The monoisotopic (exact) mass is 308 g/mol. The number of hydrogen-bond acceptors (Lipinski definition) is 2. The van der Waals surface area contributed by atoms with E-state index in [9.17, 15) is 0 Å². The predicted octanol–water partition coefficient (Wildman–Crippen LogP) is 3.37. The second kappa shape index (κ2) is 5.85. The number of fused-ring (bicyclic) bond motifs is 1. The molecule has 0 fully saturated rings. The lowest BCUT2D eigenvalue weighted by molar-refractivity contribution is 0.530. The molecule has 0 amide bonds. The summed E-state index contributed by atoms with van der Waals surface area (Å²) in [5, 5.41) is 4.94. The number of para-hydroxylation sites is 1. The summed E-state index contributed by atoms with van der Waals surface area (Å²) in [5.41, 5.74) is 1.89. The quantitative estimate of drug-likeness (QED) is 0.677. The van der Waals surface area contributed by atoms with Gasteiger partial charge >= 0.3 is 0 Å². The van der Waals surface area contributed by atoms with Crippen LogP contribution in [0.25, 0.3) is 11.0 Å². The van der Waals surface area contributed by atoms with Crippen molar-refractivity contribution in [2.75, 3.05) is 5.88 Å². The van der Waals surface area contributed by atoms with Crippen LogP contribution in [0.3, 0.4) is 0 Å². The third-order valence-corrected chi connectivity index (χ3v) is 3.72. The number of imidazole rings is 1. The molecule has 6 heteroatoms. The Balaban J connectivity index is 1.99. The van der Waals surface area contributed by atoms with Gasteiger partial charge in [0.2, 0.25) is 0 Å². The van der Waals surface area contributed by atoms with Gasteiger partial charge in [0, 0.05) is 31.2 Å². The van der Waals surface area contributed by atoms with E-state index in [1.165, 1.54) is 0 Å². The highest BCUT2D eigenvalue weighted by Gasteiger charge is 2.12. The highest BCUT2D eigenvalue weighted by atomic mass is 35.5. The van der Waals surface area contributed by atoms with Gasteiger partial charge in [0.05, 0.1) is 22.6 Å². The molecule has 0 unspecified atom stereocenters. The minimum Gasteiger partial charge on any atom is -0.325 e. The van der Waals surface area contributed by atoms with Crippen LogP contribution < -0.4 is 0 Å². The Morgan fingerprint density at radius 3 is 2.80 bits per heavy atom. The van der Waals surface area contributed by atoms with Crippen LogP contribution in [-0.4, -0.2) is 25.2 Å². The van der Waals surface area contributed by atoms with Crippen molar-refractivity contribution in [1.82, 2.24) is 19.3 Å². The number of aromatic nitrogens is 4. The third-order valence-electron chi connectivity index (χ3n) is 3.23. The summed E-state index contributed by atoms with van der Waals surface area (Å²) in [6, 6.07) is 7.70. The van der Waals surface area contributed by atoms with Crippen LogP contribution in [0.5, 0.6) is 0 Å². The fraction of sp³-hybridized carbons (Fsp3) is 0.286. The molecule has 4 nitrogen and oxygen atoms in total. The highest BCUT2D eigenvalue weighted by Crippen LogP contribution is 2.25. The van der Waals surface area contributed by atoms with E-state index in [2.05, 4.69) is 14.6 Å². The van der Waals surface area contributed by atoms with Gasteiger partial charge in [-0.2, -0.15) is 5.10 Å². The summed E-state index contributed by atoms with van der Waals surface area (Å²) in [7, 11) is 0. The lowest BCUT2D eigenvalue weighted by Crippen LogP contribution is -2.11. The summed E-state index contributed by atoms with van der Waals surface area (Å²) >= 11 is 12.2. The lowest BCUT2D eigenvalue weighted by atomic mass is 10.3. The molecule has 0 N–H and O–H groups in total. The Morgan fingerprint density at radius 1 is 1.15 bits per heavy atom. The van der Waals surface area contributed by atoms with Gasteiger partial charge in [-0.25, -0.2) is 4.98 Å². The van der Waals surface area contributed by atoms with Gasteiger partial charge in [0.15, 0.2) is 0 Å². The second-order valence-electron chi connectivity index (χ2n) is 4.50. The molecule has 0 saturated heterocycles. The SMILES string of the molecule is ClCCc1nc2cccc(Cl)c2n1CCn1cccn1. The molecule has 104 valence electrons. The van der Waals surface area contributed by atoms with Crippen molar-refractivity contribution in [2.45, 2.75) is 19.5 Å². The Hall–Kier alpha value is -1.52. The average Bonchev–Trinajstić information content (AvgIpc) is 3.05. The molecule has 0 aliphatic heterocycles. The minimum absolute atomic E-state index is 0.544. The zero-order chi connectivity index (χ0) is 13.9. The molecule has 3 aromatic rings. The third kappa shape index (κ3) is 2.53. The summed E-state index contributed by atoms with van der Waals surface area (Å²) in [4.78, 5) is 4.63. The zero-order valence-corrected chi connectivity index (χ0v) is 12.3. The van der Waals surface area contributed by atoms with Crippen molar-refractivity contribution in [3.8, 4) is 0 Å². The number of nitrogens with zero attached hydrogens (tertiary/aromatic N) is 4. The largest absolute Gasteiger partial charge is 0.325 e. The number of aryl methyl sites for hydroxylation is 3. The van der Waals surface area contributed by atoms with Crippen LogP contribution in [0.1, 0.15) is 5.82 Å².